The van der Waals surface area contributed by atoms with Gasteiger partial charge < -0.3 is 5.73 Å². The van der Waals surface area contributed by atoms with Crippen molar-refractivity contribution >= 4 is 17.6 Å². The lowest BCUT2D eigenvalue weighted by molar-refractivity contribution is 0.709. The minimum Gasteiger partial charge on any atom is -0.383 e. The van der Waals surface area contributed by atoms with Crippen LogP contribution in [0.15, 0.2) is 6.20 Å². The lowest BCUT2D eigenvalue weighted by Gasteiger charge is -2.20. The number of aromatic nitrogens is 2. The molecule has 0 bridgehead atoms. The van der Waals surface area contributed by atoms with Crippen LogP contribution >= 0.6 is 11.8 Å². The molecule has 0 saturated heterocycles. The standard InChI is InChI=1S/C9H15N3S/c1-6-5-11-8(12-7(6)10)9(2,3)13-4/h5H,1-4H3,(H2,10,11,12). The second-order valence-corrected chi connectivity index (χ2v) is 4.91. The van der Waals surface area contributed by atoms with Crippen LogP contribution in [0, 0.1) is 6.92 Å². The maximum Gasteiger partial charge on any atom is 0.146 e. The summed E-state index contributed by atoms with van der Waals surface area (Å²) in [5.41, 5.74) is 6.64. The second kappa shape index (κ2) is 3.54. The largest absolute Gasteiger partial charge is 0.383 e. The van der Waals surface area contributed by atoms with Crippen molar-refractivity contribution in [2.45, 2.75) is 25.5 Å². The number of hydrogen-bond acceptors (Lipinski definition) is 4. The van der Waals surface area contributed by atoms with Gasteiger partial charge in [-0.25, -0.2) is 9.97 Å². The molecule has 1 aromatic rings. The molecule has 0 radical (unpaired) electrons. The van der Waals surface area contributed by atoms with Gasteiger partial charge in [-0.3, -0.25) is 0 Å². The van der Waals surface area contributed by atoms with Crippen molar-refractivity contribution in [3.05, 3.63) is 17.6 Å². The molecule has 0 aromatic carbocycles. The molecule has 1 rings (SSSR count). The Bertz CT molecular complexity index is 310. The molecule has 0 unspecified atom stereocenters. The van der Waals surface area contributed by atoms with Crippen LogP contribution in [0.2, 0.25) is 0 Å². The van der Waals surface area contributed by atoms with Gasteiger partial charge in [0.05, 0.1) is 4.75 Å². The number of hydrogen-bond donors (Lipinski definition) is 1. The van der Waals surface area contributed by atoms with Gasteiger partial charge in [0.15, 0.2) is 0 Å². The Morgan fingerprint density at radius 3 is 2.54 bits per heavy atom. The lowest BCUT2D eigenvalue weighted by atomic mass is 10.2. The zero-order valence-corrected chi connectivity index (χ0v) is 9.27. The molecule has 1 aromatic heterocycles. The highest BCUT2D eigenvalue weighted by Gasteiger charge is 2.22. The Balaban J connectivity index is 3.10. The van der Waals surface area contributed by atoms with E-state index in [9.17, 15) is 0 Å². The van der Waals surface area contributed by atoms with Crippen LogP contribution in [0.25, 0.3) is 0 Å². The van der Waals surface area contributed by atoms with E-state index in [0.29, 0.717) is 5.82 Å². The molecule has 0 aliphatic carbocycles. The van der Waals surface area contributed by atoms with E-state index in [0.717, 1.165) is 11.4 Å². The number of anilines is 1. The minimum atomic E-state index is -0.0676. The van der Waals surface area contributed by atoms with E-state index in [-0.39, 0.29) is 4.75 Å². The number of rotatable bonds is 2. The van der Waals surface area contributed by atoms with Crippen LogP contribution < -0.4 is 5.73 Å². The Kier molecular flexibility index (Phi) is 2.81. The molecular weight excluding hydrogens is 182 g/mol. The molecular formula is C9H15N3S. The molecule has 0 saturated carbocycles. The smallest absolute Gasteiger partial charge is 0.146 e. The van der Waals surface area contributed by atoms with E-state index >= 15 is 0 Å². The van der Waals surface area contributed by atoms with Gasteiger partial charge in [0.25, 0.3) is 0 Å². The van der Waals surface area contributed by atoms with Crippen LogP contribution in [0.3, 0.4) is 0 Å². The molecule has 0 fully saturated rings. The fraction of sp³-hybridized carbons (Fsp3) is 0.556. The summed E-state index contributed by atoms with van der Waals surface area (Å²) in [5, 5.41) is 0. The number of thioether (sulfide) groups is 1. The van der Waals surface area contributed by atoms with Crippen molar-refractivity contribution in [3.8, 4) is 0 Å². The molecule has 0 spiro atoms. The van der Waals surface area contributed by atoms with E-state index in [2.05, 4.69) is 23.8 Å². The highest BCUT2D eigenvalue weighted by atomic mass is 32.2. The average Bonchev–Trinajstić information content (AvgIpc) is 2.09. The molecule has 1 heterocycles. The molecule has 3 nitrogen and oxygen atoms in total. The summed E-state index contributed by atoms with van der Waals surface area (Å²) >= 11 is 1.71. The molecule has 4 heteroatoms. The summed E-state index contributed by atoms with van der Waals surface area (Å²) in [6.07, 6.45) is 3.81. The zero-order valence-electron chi connectivity index (χ0n) is 8.46. The van der Waals surface area contributed by atoms with Crippen molar-refractivity contribution in [2.24, 2.45) is 0 Å². The highest BCUT2D eigenvalue weighted by molar-refractivity contribution is 7.99. The first-order chi connectivity index (χ1) is 5.97. The van der Waals surface area contributed by atoms with Gasteiger partial charge in [-0.2, -0.15) is 11.8 Å². The fourth-order valence-corrected chi connectivity index (χ4v) is 1.12. The molecule has 0 aliphatic rings. The summed E-state index contributed by atoms with van der Waals surface area (Å²) in [4.78, 5) is 8.53. The number of nitrogens with two attached hydrogens (primary N) is 1. The predicted molar refractivity (Wildman–Crippen MR) is 57.7 cm³/mol. The Hall–Kier alpha value is -0.770. The fourth-order valence-electron chi connectivity index (χ4n) is 0.837. The number of aryl methyl sites for hydroxylation is 1. The molecule has 2 N–H and O–H groups in total. The Morgan fingerprint density at radius 2 is 2.08 bits per heavy atom. The molecule has 0 atom stereocenters. The Labute approximate surface area is 83.2 Å². The first-order valence-electron chi connectivity index (χ1n) is 4.12. The lowest BCUT2D eigenvalue weighted by Crippen LogP contribution is -2.17. The van der Waals surface area contributed by atoms with Crippen LogP contribution in [-0.2, 0) is 4.75 Å². The quantitative estimate of drug-likeness (QED) is 0.787. The first-order valence-corrected chi connectivity index (χ1v) is 5.34. The highest BCUT2D eigenvalue weighted by Crippen LogP contribution is 2.31. The van der Waals surface area contributed by atoms with Gasteiger partial charge in [-0.15, -0.1) is 0 Å². The van der Waals surface area contributed by atoms with E-state index in [1.54, 1.807) is 18.0 Å². The van der Waals surface area contributed by atoms with Crippen molar-refractivity contribution < 1.29 is 0 Å². The van der Waals surface area contributed by atoms with Crippen LogP contribution in [0.4, 0.5) is 5.82 Å². The normalized spacial score (nSPS) is 11.7. The zero-order chi connectivity index (χ0) is 10.1. The van der Waals surface area contributed by atoms with Gasteiger partial charge in [0.1, 0.15) is 11.6 Å². The maximum atomic E-state index is 5.71. The topological polar surface area (TPSA) is 51.8 Å². The maximum absolute atomic E-state index is 5.71. The number of nitrogen functional groups attached to an aromatic ring is 1. The SMILES string of the molecule is CSC(C)(C)c1ncc(C)c(N)n1. The van der Waals surface area contributed by atoms with Crippen LogP contribution in [0.1, 0.15) is 25.2 Å². The molecule has 72 valence electrons. The third-order valence-electron chi connectivity index (χ3n) is 2.06. The van der Waals surface area contributed by atoms with E-state index < -0.39 is 0 Å². The minimum absolute atomic E-state index is 0.0676. The van der Waals surface area contributed by atoms with Crippen molar-refractivity contribution in [3.63, 3.8) is 0 Å². The van der Waals surface area contributed by atoms with Crippen LogP contribution in [0.5, 0.6) is 0 Å². The van der Waals surface area contributed by atoms with Gasteiger partial charge in [-0.1, -0.05) is 0 Å². The summed E-state index contributed by atoms with van der Waals surface area (Å²) in [7, 11) is 0. The Morgan fingerprint density at radius 1 is 1.46 bits per heavy atom. The third-order valence-corrected chi connectivity index (χ3v) is 3.26. The van der Waals surface area contributed by atoms with Gasteiger partial charge in [0.2, 0.25) is 0 Å². The molecule has 13 heavy (non-hydrogen) atoms. The third kappa shape index (κ3) is 2.12. The van der Waals surface area contributed by atoms with Crippen molar-refractivity contribution in [2.75, 3.05) is 12.0 Å². The summed E-state index contributed by atoms with van der Waals surface area (Å²) < 4.78 is -0.0676. The summed E-state index contributed by atoms with van der Waals surface area (Å²) in [6.45, 7) is 6.08. The number of nitrogens with zero attached hydrogens (tertiary/aromatic N) is 2. The monoisotopic (exact) mass is 197 g/mol. The van der Waals surface area contributed by atoms with Gasteiger partial charge >= 0.3 is 0 Å². The summed E-state index contributed by atoms with van der Waals surface area (Å²) in [6, 6.07) is 0. The predicted octanol–water partition coefficient (Wildman–Crippen LogP) is 1.97. The van der Waals surface area contributed by atoms with E-state index in [1.165, 1.54) is 0 Å². The molecule has 0 amide bonds. The molecule has 0 aliphatic heterocycles. The van der Waals surface area contributed by atoms with Crippen molar-refractivity contribution in [1.82, 2.24) is 9.97 Å². The average molecular weight is 197 g/mol. The van der Waals surface area contributed by atoms with E-state index in [4.69, 9.17) is 5.73 Å². The van der Waals surface area contributed by atoms with Gasteiger partial charge in [0, 0.05) is 11.8 Å². The van der Waals surface area contributed by atoms with E-state index in [1.807, 2.05) is 13.2 Å². The van der Waals surface area contributed by atoms with Gasteiger partial charge in [-0.05, 0) is 27.0 Å². The van der Waals surface area contributed by atoms with Crippen LogP contribution in [-0.4, -0.2) is 16.2 Å². The van der Waals surface area contributed by atoms with Crippen molar-refractivity contribution in [1.29, 1.82) is 0 Å². The summed E-state index contributed by atoms with van der Waals surface area (Å²) in [5.74, 6) is 1.37. The first kappa shape index (κ1) is 10.3. The second-order valence-electron chi connectivity index (χ2n) is 3.48.